The van der Waals surface area contributed by atoms with Gasteiger partial charge in [0.05, 0.1) is 16.1 Å². The van der Waals surface area contributed by atoms with Crippen LogP contribution in [0.5, 0.6) is 0 Å². The van der Waals surface area contributed by atoms with Crippen LogP contribution in [0.4, 0.5) is 11.6 Å². The summed E-state index contributed by atoms with van der Waals surface area (Å²) in [6.07, 6.45) is 4.88. The van der Waals surface area contributed by atoms with Gasteiger partial charge in [-0.3, -0.25) is 4.79 Å². The van der Waals surface area contributed by atoms with E-state index in [0.29, 0.717) is 27.4 Å². The lowest BCUT2D eigenvalue weighted by molar-refractivity contribution is -0.377. The molecule has 3 aromatic rings. The van der Waals surface area contributed by atoms with Crippen molar-refractivity contribution in [2.45, 2.75) is 6.04 Å². The molecule has 0 aliphatic carbocycles. The first-order valence-corrected chi connectivity index (χ1v) is 8.87. The van der Waals surface area contributed by atoms with Crippen LogP contribution in [0.25, 0.3) is 0 Å². The van der Waals surface area contributed by atoms with Gasteiger partial charge in [0.15, 0.2) is 12.4 Å². The molecule has 1 aliphatic heterocycles. The SMILES string of the molecule is C=C1Nc2ncnn2C(c2ccc(Cl)c(Cl)c2)C1C(=O)Nc1ccc[nH+]c1. The zero-order valence-corrected chi connectivity index (χ0v) is 15.5. The Kier molecular flexibility index (Phi) is 4.55. The van der Waals surface area contributed by atoms with Crippen LogP contribution in [0, 0.1) is 5.92 Å². The Hall–Kier alpha value is -2.90. The monoisotopic (exact) mass is 401 g/mol. The summed E-state index contributed by atoms with van der Waals surface area (Å²) in [6, 6.07) is 8.37. The van der Waals surface area contributed by atoms with Gasteiger partial charge < -0.3 is 10.6 Å². The van der Waals surface area contributed by atoms with Gasteiger partial charge in [-0.2, -0.15) is 10.1 Å². The van der Waals surface area contributed by atoms with Crippen LogP contribution in [0.1, 0.15) is 11.6 Å². The molecule has 9 heteroatoms. The second-order valence-electron chi connectivity index (χ2n) is 6.06. The van der Waals surface area contributed by atoms with E-state index in [2.05, 4.69) is 32.3 Å². The molecule has 27 heavy (non-hydrogen) atoms. The number of fused-ring (bicyclic) bond motifs is 1. The number of aromatic amines is 1. The molecule has 2 unspecified atom stereocenters. The Morgan fingerprint density at radius 2 is 2.15 bits per heavy atom. The van der Waals surface area contributed by atoms with Gasteiger partial charge in [-0.15, -0.1) is 0 Å². The van der Waals surface area contributed by atoms with Gasteiger partial charge in [0, 0.05) is 11.8 Å². The number of halogens is 2. The molecule has 3 heterocycles. The minimum atomic E-state index is -0.642. The molecule has 2 aromatic heterocycles. The fraction of sp³-hybridized carbons (Fsp3) is 0.111. The number of pyridine rings is 1. The third-order valence-corrected chi connectivity index (χ3v) is 5.08. The number of nitrogens with zero attached hydrogens (tertiary/aromatic N) is 3. The molecule has 0 saturated heterocycles. The molecular formula is C18H15Cl2N6O+. The summed E-state index contributed by atoms with van der Waals surface area (Å²) in [4.78, 5) is 20.2. The van der Waals surface area contributed by atoms with Gasteiger partial charge in [0.25, 0.3) is 0 Å². The van der Waals surface area contributed by atoms with Gasteiger partial charge in [0.1, 0.15) is 17.9 Å². The second kappa shape index (κ2) is 7.02. The van der Waals surface area contributed by atoms with E-state index in [1.807, 2.05) is 6.07 Å². The van der Waals surface area contributed by atoms with E-state index in [1.165, 1.54) is 6.33 Å². The molecule has 0 fully saturated rings. The van der Waals surface area contributed by atoms with Crippen LogP contribution in [-0.2, 0) is 4.79 Å². The van der Waals surface area contributed by atoms with Crippen molar-refractivity contribution in [2.24, 2.45) is 5.92 Å². The normalized spacial score (nSPS) is 18.5. The van der Waals surface area contributed by atoms with Crippen LogP contribution >= 0.6 is 23.2 Å². The fourth-order valence-corrected chi connectivity index (χ4v) is 3.43. The van der Waals surface area contributed by atoms with E-state index in [4.69, 9.17) is 23.2 Å². The third-order valence-electron chi connectivity index (χ3n) is 4.34. The highest BCUT2D eigenvalue weighted by Gasteiger charge is 2.39. The highest BCUT2D eigenvalue weighted by molar-refractivity contribution is 6.42. The molecule has 0 bridgehead atoms. The lowest BCUT2D eigenvalue weighted by Gasteiger charge is -2.33. The lowest BCUT2D eigenvalue weighted by atomic mass is 9.88. The van der Waals surface area contributed by atoms with Crippen LogP contribution in [-0.4, -0.2) is 20.7 Å². The first-order valence-electron chi connectivity index (χ1n) is 8.12. The van der Waals surface area contributed by atoms with E-state index in [0.717, 1.165) is 5.56 Å². The lowest BCUT2D eigenvalue weighted by Crippen LogP contribution is -2.39. The van der Waals surface area contributed by atoms with Crippen molar-refractivity contribution < 1.29 is 9.78 Å². The van der Waals surface area contributed by atoms with Gasteiger partial charge in [-0.25, -0.2) is 9.67 Å². The average molecular weight is 402 g/mol. The molecule has 1 aliphatic rings. The van der Waals surface area contributed by atoms with Crippen molar-refractivity contribution in [1.29, 1.82) is 0 Å². The highest BCUT2D eigenvalue weighted by atomic mass is 35.5. The van der Waals surface area contributed by atoms with Crippen molar-refractivity contribution in [3.8, 4) is 0 Å². The van der Waals surface area contributed by atoms with Crippen LogP contribution in [0.15, 0.2) is 61.3 Å². The minimum Gasteiger partial charge on any atom is -0.328 e. The van der Waals surface area contributed by atoms with Crippen LogP contribution in [0.2, 0.25) is 10.0 Å². The number of amides is 1. The van der Waals surface area contributed by atoms with E-state index < -0.39 is 12.0 Å². The molecule has 4 rings (SSSR count). The number of hydrogen-bond acceptors (Lipinski definition) is 4. The van der Waals surface area contributed by atoms with E-state index >= 15 is 0 Å². The van der Waals surface area contributed by atoms with Crippen molar-refractivity contribution >= 4 is 40.7 Å². The third kappa shape index (κ3) is 3.27. The number of hydrogen-bond donors (Lipinski definition) is 2. The molecule has 0 radical (unpaired) electrons. The average Bonchev–Trinajstić information content (AvgIpc) is 3.11. The number of carbonyl (C=O) groups is 1. The Bertz CT molecular complexity index is 1020. The van der Waals surface area contributed by atoms with Crippen molar-refractivity contribution in [1.82, 2.24) is 14.8 Å². The smallest absolute Gasteiger partial charge is 0.236 e. The largest absolute Gasteiger partial charge is 0.328 e. The number of nitrogens with one attached hydrogen (secondary N) is 3. The zero-order valence-electron chi connectivity index (χ0n) is 14.0. The topological polar surface area (TPSA) is 86.0 Å². The van der Waals surface area contributed by atoms with Gasteiger partial charge in [-0.05, 0) is 23.8 Å². The fourth-order valence-electron chi connectivity index (χ4n) is 3.12. The Balaban J connectivity index is 1.76. The van der Waals surface area contributed by atoms with E-state index in [9.17, 15) is 4.79 Å². The maximum absolute atomic E-state index is 13.1. The summed E-state index contributed by atoms with van der Waals surface area (Å²) in [5.41, 5.74) is 1.94. The first kappa shape index (κ1) is 17.5. The highest BCUT2D eigenvalue weighted by Crippen LogP contribution is 2.39. The molecule has 2 atom stereocenters. The second-order valence-corrected chi connectivity index (χ2v) is 6.87. The molecule has 7 nitrogen and oxygen atoms in total. The van der Waals surface area contributed by atoms with E-state index in [-0.39, 0.29) is 5.91 Å². The molecule has 1 aromatic carbocycles. The molecule has 0 saturated carbocycles. The molecule has 1 amide bonds. The van der Waals surface area contributed by atoms with Crippen molar-refractivity contribution in [3.63, 3.8) is 0 Å². The quantitative estimate of drug-likeness (QED) is 0.705. The molecule has 3 N–H and O–H groups in total. The minimum absolute atomic E-state index is 0.232. The number of anilines is 2. The summed E-state index contributed by atoms with van der Waals surface area (Å²) < 4.78 is 1.65. The Morgan fingerprint density at radius 3 is 2.89 bits per heavy atom. The molecule has 0 spiro atoms. The van der Waals surface area contributed by atoms with Gasteiger partial charge in [0.2, 0.25) is 11.9 Å². The van der Waals surface area contributed by atoms with Gasteiger partial charge >= 0.3 is 0 Å². The summed E-state index contributed by atoms with van der Waals surface area (Å²) >= 11 is 12.3. The predicted molar refractivity (Wildman–Crippen MR) is 103 cm³/mol. The van der Waals surface area contributed by atoms with Crippen LogP contribution < -0.4 is 15.6 Å². The summed E-state index contributed by atoms with van der Waals surface area (Å²) in [6.45, 7) is 4.03. The van der Waals surface area contributed by atoms with Crippen molar-refractivity contribution in [3.05, 3.63) is 76.9 Å². The number of aromatic nitrogens is 4. The molecule has 136 valence electrons. The predicted octanol–water partition coefficient (Wildman–Crippen LogP) is 3.18. The Labute approximate surface area is 165 Å². The van der Waals surface area contributed by atoms with Crippen molar-refractivity contribution in [2.75, 3.05) is 10.6 Å². The van der Waals surface area contributed by atoms with Gasteiger partial charge in [-0.1, -0.05) is 35.8 Å². The van der Waals surface area contributed by atoms with Crippen LogP contribution in [0.3, 0.4) is 0 Å². The Morgan fingerprint density at radius 1 is 1.30 bits per heavy atom. The molecular weight excluding hydrogens is 387 g/mol. The standard InChI is InChI=1S/C18H14Cl2N6O/c1-10-15(17(27)25-12-3-2-6-21-8-12)16(26-18(24-10)22-9-23-26)11-4-5-13(19)14(20)7-11/h2-9,15-16H,1H2,(H,25,27)(H,22,23,24)/p+1. The number of carbonyl (C=O) groups excluding carboxylic acids is 1. The number of benzene rings is 1. The summed E-state index contributed by atoms with van der Waals surface area (Å²) in [5.74, 6) is -0.367. The van der Waals surface area contributed by atoms with E-state index in [1.54, 1.807) is 41.3 Å². The summed E-state index contributed by atoms with van der Waals surface area (Å²) in [7, 11) is 0. The first-order chi connectivity index (χ1) is 13.0. The maximum atomic E-state index is 13.1. The number of rotatable bonds is 3. The summed E-state index contributed by atoms with van der Waals surface area (Å²) in [5, 5.41) is 11.1. The maximum Gasteiger partial charge on any atom is 0.236 e. The number of H-pyrrole nitrogens is 1. The zero-order chi connectivity index (χ0) is 19.0.